The van der Waals surface area contributed by atoms with Crippen molar-refractivity contribution in [2.24, 2.45) is 0 Å². The van der Waals surface area contributed by atoms with Crippen molar-refractivity contribution in [1.82, 2.24) is 54.8 Å². The molecule has 16 aromatic rings. The van der Waals surface area contributed by atoms with Crippen LogP contribution < -0.4 is 40.2 Å². The van der Waals surface area contributed by atoms with Gasteiger partial charge in [-0.2, -0.15) is 0 Å². The van der Waals surface area contributed by atoms with E-state index >= 15 is 0 Å². The largest absolute Gasteiger partial charge is 0.497 e. The molecular formula is C85H73N15O8S4. The number of amides is 4. The molecule has 10 aromatic heterocycles. The van der Waals surface area contributed by atoms with Crippen molar-refractivity contribution >= 4 is 130 Å². The number of methoxy groups -OCH3 is 4. The Balaban J connectivity index is 0.000000131. The van der Waals surface area contributed by atoms with E-state index in [0.29, 0.717) is 26.9 Å². The highest BCUT2D eigenvalue weighted by Crippen LogP contribution is 2.35. The Morgan fingerprint density at radius 2 is 0.688 bits per heavy atom. The fraction of sp³-hybridized carbons (Fsp3) is 0.141. The Morgan fingerprint density at radius 3 is 1.09 bits per heavy atom. The third-order valence-electron chi connectivity index (χ3n) is 17.2. The molecule has 0 spiro atoms. The number of benzene rings is 6. The van der Waals surface area contributed by atoms with E-state index in [1.54, 1.807) is 65.6 Å². The molecule has 0 bridgehead atoms. The van der Waals surface area contributed by atoms with Crippen LogP contribution in [0.4, 0.5) is 20.5 Å². The van der Waals surface area contributed by atoms with Gasteiger partial charge in [-0.3, -0.25) is 44.1 Å². The molecule has 10 heterocycles. The lowest BCUT2D eigenvalue weighted by molar-refractivity contribution is -0.116. The van der Waals surface area contributed by atoms with Gasteiger partial charge < -0.3 is 40.2 Å². The Labute approximate surface area is 660 Å². The highest BCUT2D eigenvalue weighted by molar-refractivity contribution is 7.23. The molecule has 0 radical (unpaired) electrons. The zero-order chi connectivity index (χ0) is 78.0. The van der Waals surface area contributed by atoms with Crippen LogP contribution in [0, 0.1) is 27.7 Å². The number of nitrogens with one attached hydrogen (secondary N) is 4. The fourth-order valence-electron chi connectivity index (χ4n) is 11.6. The van der Waals surface area contributed by atoms with Gasteiger partial charge in [0, 0.05) is 71.5 Å². The van der Waals surface area contributed by atoms with Crippen LogP contribution in [0.15, 0.2) is 225 Å². The van der Waals surface area contributed by atoms with Gasteiger partial charge in [0.2, 0.25) is 23.6 Å². The van der Waals surface area contributed by atoms with Gasteiger partial charge in [-0.15, -0.1) is 0 Å². The summed E-state index contributed by atoms with van der Waals surface area (Å²) in [6.07, 6.45) is 13.3. The number of aryl methyl sites for hydroxylation is 4. The molecule has 560 valence electrons. The number of pyridine rings is 5. The van der Waals surface area contributed by atoms with Gasteiger partial charge in [0.15, 0.2) is 20.5 Å². The van der Waals surface area contributed by atoms with E-state index in [1.165, 1.54) is 45.3 Å². The van der Waals surface area contributed by atoms with Gasteiger partial charge >= 0.3 is 0 Å². The normalized spacial score (nSPS) is 10.8. The summed E-state index contributed by atoms with van der Waals surface area (Å²) in [5.41, 5.74) is 17.8. The number of fused-ring (bicyclic) bond motifs is 4. The second kappa shape index (κ2) is 36.3. The first-order valence-corrected chi connectivity index (χ1v) is 38.3. The van der Waals surface area contributed by atoms with Crippen LogP contribution in [0.25, 0.3) is 85.8 Å². The number of hydrogen-bond donors (Lipinski definition) is 4. The van der Waals surface area contributed by atoms with Crippen LogP contribution in [0.3, 0.4) is 0 Å². The molecule has 0 aliphatic rings. The second-order valence-electron chi connectivity index (χ2n) is 25.4. The minimum absolute atomic E-state index is 0.0806. The predicted octanol–water partition coefficient (Wildman–Crippen LogP) is 17.6. The fourth-order valence-corrected chi connectivity index (χ4v) is 15.3. The van der Waals surface area contributed by atoms with Crippen LogP contribution in [0.2, 0.25) is 0 Å². The third kappa shape index (κ3) is 20.6. The molecular weight excluding hydrogens is 1490 g/mol. The van der Waals surface area contributed by atoms with Crippen LogP contribution in [0.1, 0.15) is 45.0 Å². The Morgan fingerprint density at radius 1 is 0.321 bits per heavy atom. The van der Waals surface area contributed by atoms with E-state index in [4.69, 9.17) is 18.9 Å². The zero-order valence-corrected chi connectivity index (χ0v) is 65.3. The predicted molar refractivity (Wildman–Crippen MR) is 445 cm³/mol. The minimum atomic E-state index is -0.125. The maximum atomic E-state index is 12.5. The van der Waals surface area contributed by atoms with Crippen LogP contribution in [-0.2, 0) is 44.9 Å². The first kappa shape index (κ1) is 77.0. The maximum absolute atomic E-state index is 12.5. The molecule has 0 fully saturated rings. The van der Waals surface area contributed by atoms with Crippen molar-refractivity contribution in [3.8, 4) is 67.9 Å². The van der Waals surface area contributed by atoms with E-state index in [2.05, 4.69) is 101 Å². The number of carbonyl (C=O) groups excluding carboxylic acids is 4. The Hall–Kier alpha value is -13.2. The van der Waals surface area contributed by atoms with Crippen LogP contribution in [0.5, 0.6) is 23.0 Å². The summed E-state index contributed by atoms with van der Waals surface area (Å²) in [5, 5.41) is 13.8. The highest BCUT2D eigenvalue weighted by atomic mass is 32.1. The average molecular weight is 1560 g/mol. The molecule has 112 heavy (non-hydrogen) atoms. The molecule has 0 aliphatic carbocycles. The molecule has 0 atom stereocenters. The molecule has 6 aromatic carbocycles. The molecule has 0 aliphatic heterocycles. The lowest BCUT2D eigenvalue weighted by Gasteiger charge is -2.09. The van der Waals surface area contributed by atoms with E-state index in [1.807, 2.05) is 191 Å². The van der Waals surface area contributed by atoms with E-state index < -0.39 is 0 Å². The zero-order valence-electron chi connectivity index (χ0n) is 62.0. The summed E-state index contributed by atoms with van der Waals surface area (Å²) in [4.78, 5) is 97.3. The summed E-state index contributed by atoms with van der Waals surface area (Å²) >= 11 is 5.71. The van der Waals surface area contributed by atoms with Crippen molar-refractivity contribution in [3.63, 3.8) is 0 Å². The van der Waals surface area contributed by atoms with Gasteiger partial charge in [-0.1, -0.05) is 99.9 Å². The molecule has 27 heteroatoms. The van der Waals surface area contributed by atoms with Crippen molar-refractivity contribution in [3.05, 3.63) is 270 Å². The minimum Gasteiger partial charge on any atom is -0.497 e. The summed E-state index contributed by atoms with van der Waals surface area (Å²) in [6, 6.07) is 57.8. The van der Waals surface area contributed by atoms with Crippen molar-refractivity contribution in [1.29, 1.82) is 0 Å². The number of thiazole rings is 4. The average Bonchev–Trinajstić information content (AvgIpc) is 1.77. The van der Waals surface area contributed by atoms with E-state index in [0.717, 1.165) is 154 Å². The highest BCUT2D eigenvalue weighted by Gasteiger charge is 2.17. The van der Waals surface area contributed by atoms with Gasteiger partial charge in [-0.25, -0.2) is 29.9 Å². The van der Waals surface area contributed by atoms with Gasteiger partial charge in [0.1, 0.15) is 28.8 Å². The standard InChI is InChI=1S/C23H21N3O2S.2C21H18N4O2S.C20H16N4O2S/c1-14-10-16(4-6-19(14)17-8-9-24-15(2)11-17)12-22(27)26-23-25-20-7-5-18(28-3)13-21(20)29-23;1-13-9-15(7-8-22-13)17-5-3-14(12-23-17)10-20(26)25-21-24-18-6-4-16(27-2)11-19(18)28-21;1-13-22-10-9-17(23-13)15-5-3-14(4-6-15)11-20(26)25-21-24-18-8-7-16(27-2)12-19(18)28-21;1-26-15-3-5-17-18(11-15)27-20(23-17)24-19(25)10-13-2-4-16(22-12-13)14-6-8-21-9-7-14/h4-11,13H,12H2,1-3H3,(H,25,26,27);3-9,11-12H,10H2,1-2H3,(H,24,25,26);3-10,12H,11H2,1-2H3,(H,24,25,26);2-9,11-12H,10H2,1H3,(H,23,24,25). The Bertz CT molecular complexity index is 5840. The van der Waals surface area contributed by atoms with Crippen molar-refractivity contribution < 1.29 is 38.1 Å². The maximum Gasteiger partial charge on any atom is 0.230 e. The Kier molecular flexibility index (Phi) is 25.0. The summed E-state index contributed by atoms with van der Waals surface area (Å²) in [7, 11) is 6.51. The number of anilines is 4. The molecule has 4 N–H and O–H groups in total. The summed E-state index contributed by atoms with van der Waals surface area (Å²) in [6.45, 7) is 7.85. The van der Waals surface area contributed by atoms with Crippen LogP contribution in [-0.4, -0.2) is 107 Å². The molecule has 0 unspecified atom stereocenters. The van der Waals surface area contributed by atoms with Gasteiger partial charge in [0.25, 0.3) is 0 Å². The monoisotopic (exact) mass is 1560 g/mol. The number of carbonyl (C=O) groups is 4. The first-order valence-electron chi connectivity index (χ1n) is 35.1. The molecule has 0 saturated carbocycles. The number of ether oxygens (including phenoxy) is 4. The molecule has 4 amide bonds. The van der Waals surface area contributed by atoms with E-state index in [-0.39, 0.29) is 42.9 Å². The summed E-state index contributed by atoms with van der Waals surface area (Å²) < 4.78 is 24.8. The van der Waals surface area contributed by atoms with Gasteiger partial charge in [0.05, 0.1) is 112 Å². The second-order valence-corrected chi connectivity index (χ2v) is 29.5. The molecule has 23 nitrogen and oxygen atoms in total. The topological polar surface area (TPSA) is 295 Å². The lowest BCUT2D eigenvalue weighted by Crippen LogP contribution is -2.14. The van der Waals surface area contributed by atoms with Crippen molar-refractivity contribution in [2.45, 2.75) is 53.4 Å². The summed E-state index contributed by atoms with van der Waals surface area (Å²) in [5.74, 6) is 3.38. The van der Waals surface area contributed by atoms with Crippen LogP contribution >= 0.6 is 45.3 Å². The smallest absolute Gasteiger partial charge is 0.230 e. The SMILES string of the molecule is COc1ccc2nc(NC(=O)Cc3ccc(-c4ccnc(C)c4)c(C)c3)sc2c1.COc1ccc2nc(NC(=O)Cc3ccc(-c4ccnc(C)c4)nc3)sc2c1.COc1ccc2nc(NC(=O)Cc3ccc(-c4ccnc(C)n4)cc3)sc2c1.COc1ccc2nc(NC(=O)Cc3ccc(-c4ccncc4)nc3)sc2c1. The number of hydrogen-bond acceptors (Lipinski definition) is 23. The van der Waals surface area contributed by atoms with E-state index in [9.17, 15) is 19.2 Å². The number of nitrogens with zero attached hydrogens (tertiary/aromatic N) is 11. The van der Waals surface area contributed by atoms with Gasteiger partial charge in [-0.05, 0) is 194 Å². The molecule has 16 rings (SSSR count). The quantitative estimate of drug-likeness (QED) is 0.0551. The third-order valence-corrected chi connectivity index (χ3v) is 20.9. The number of aromatic nitrogens is 11. The van der Waals surface area contributed by atoms with Crippen molar-refractivity contribution in [2.75, 3.05) is 49.7 Å². The lowest BCUT2D eigenvalue weighted by atomic mass is 9.97. The first-order chi connectivity index (χ1) is 54.4. The number of rotatable bonds is 20. The molecule has 0 saturated heterocycles.